The first-order chi connectivity index (χ1) is 8.97. The summed E-state index contributed by atoms with van der Waals surface area (Å²) in [5.74, 6) is -1.53. The highest BCUT2D eigenvalue weighted by atomic mass is 127. The SMILES string of the molecule is O=C(NC(CC1CC1)C(=O)O)c1ccc(F)cc1I. The molecule has 102 valence electrons. The third kappa shape index (κ3) is 3.89. The first-order valence-electron chi connectivity index (χ1n) is 5.96. The second-order valence-electron chi connectivity index (χ2n) is 4.67. The number of carbonyl (C=O) groups excluding carboxylic acids is 1. The van der Waals surface area contributed by atoms with E-state index >= 15 is 0 Å². The Labute approximate surface area is 123 Å². The predicted octanol–water partition coefficient (Wildman–Crippen LogP) is 2.41. The van der Waals surface area contributed by atoms with Gasteiger partial charge in [0, 0.05) is 3.57 Å². The largest absolute Gasteiger partial charge is 0.480 e. The maximum Gasteiger partial charge on any atom is 0.326 e. The molecular weight excluding hydrogens is 364 g/mol. The van der Waals surface area contributed by atoms with Gasteiger partial charge in [-0.25, -0.2) is 9.18 Å². The average molecular weight is 377 g/mol. The zero-order valence-corrected chi connectivity index (χ0v) is 12.2. The van der Waals surface area contributed by atoms with Crippen LogP contribution in [-0.4, -0.2) is 23.0 Å². The van der Waals surface area contributed by atoms with E-state index in [9.17, 15) is 14.0 Å². The van der Waals surface area contributed by atoms with Crippen LogP contribution >= 0.6 is 22.6 Å². The number of hydrogen-bond donors (Lipinski definition) is 2. The van der Waals surface area contributed by atoms with Crippen LogP contribution in [0.4, 0.5) is 4.39 Å². The van der Waals surface area contributed by atoms with Gasteiger partial charge in [-0.15, -0.1) is 0 Å². The molecule has 0 heterocycles. The van der Waals surface area contributed by atoms with Gasteiger partial charge in [0.2, 0.25) is 0 Å². The summed E-state index contributed by atoms with van der Waals surface area (Å²) >= 11 is 1.85. The molecule has 1 atom stereocenters. The Morgan fingerprint density at radius 1 is 1.47 bits per heavy atom. The molecule has 2 rings (SSSR count). The Balaban J connectivity index is 2.07. The number of halogens is 2. The molecule has 2 N–H and O–H groups in total. The number of carbonyl (C=O) groups is 2. The van der Waals surface area contributed by atoms with Crippen molar-refractivity contribution in [2.24, 2.45) is 5.92 Å². The van der Waals surface area contributed by atoms with Gasteiger partial charge in [0.1, 0.15) is 11.9 Å². The fourth-order valence-electron chi connectivity index (χ4n) is 1.82. The summed E-state index contributed by atoms with van der Waals surface area (Å²) < 4.78 is 13.4. The van der Waals surface area contributed by atoms with E-state index in [0.29, 0.717) is 21.5 Å². The first-order valence-corrected chi connectivity index (χ1v) is 7.04. The lowest BCUT2D eigenvalue weighted by molar-refractivity contribution is -0.139. The van der Waals surface area contributed by atoms with Crippen LogP contribution in [0.1, 0.15) is 29.6 Å². The van der Waals surface area contributed by atoms with Crippen molar-refractivity contribution in [2.75, 3.05) is 0 Å². The highest BCUT2D eigenvalue weighted by Gasteiger charge is 2.30. The lowest BCUT2D eigenvalue weighted by atomic mass is 10.1. The number of amides is 1. The molecule has 0 bridgehead atoms. The molecule has 1 unspecified atom stereocenters. The van der Waals surface area contributed by atoms with Crippen molar-refractivity contribution in [3.05, 3.63) is 33.1 Å². The van der Waals surface area contributed by atoms with Gasteiger partial charge >= 0.3 is 5.97 Å². The summed E-state index contributed by atoms with van der Waals surface area (Å²) in [6.07, 6.45) is 2.50. The maximum atomic E-state index is 13.0. The molecule has 1 aliphatic rings. The molecule has 0 radical (unpaired) electrons. The van der Waals surface area contributed by atoms with Crippen molar-refractivity contribution in [1.29, 1.82) is 0 Å². The molecule has 19 heavy (non-hydrogen) atoms. The molecule has 4 nitrogen and oxygen atoms in total. The van der Waals surface area contributed by atoms with Crippen LogP contribution in [0.2, 0.25) is 0 Å². The minimum Gasteiger partial charge on any atom is -0.480 e. The molecular formula is C13H13FINO3. The molecule has 1 fully saturated rings. The monoisotopic (exact) mass is 377 g/mol. The predicted molar refractivity (Wildman–Crippen MR) is 75.3 cm³/mol. The van der Waals surface area contributed by atoms with E-state index < -0.39 is 23.7 Å². The zero-order valence-electron chi connectivity index (χ0n) is 10.0. The number of hydrogen-bond acceptors (Lipinski definition) is 2. The molecule has 1 aromatic carbocycles. The molecule has 0 saturated heterocycles. The Kier molecular flexibility index (Phi) is 4.38. The lowest BCUT2D eigenvalue weighted by Crippen LogP contribution is -2.41. The van der Waals surface area contributed by atoms with Crippen molar-refractivity contribution in [3.63, 3.8) is 0 Å². The van der Waals surface area contributed by atoms with Gasteiger partial charge in [-0.05, 0) is 53.1 Å². The lowest BCUT2D eigenvalue weighted by Gasteiger charge is -2.14. The van der Waals surface area contributed by atoms with E-state index in [1.807, 2.05) is 22.6 Å². The Bertz CT molecular complexity index is 517. The van der Waals surface area contributed by atoms with Crippen LogP contribution in [0, 0.1) is 15.3 Å². The second-order valence-corrected chi connectivity index (χ2v) is 5.83. The summed E-state index contributed by atoms with van der Waals surface area (Å²) in [4.78, 5) is 23.1. The fraction of sp³-hybridized carbons (Fsp3) is 0.385. The molecule has 0 spiro atoms. The van der Waals surface area contributed by atoms with E-state index in [-0.39, 0.29) is 0 Å². The van der Waals surface area contributed by atoms with E-state index in [1.54, 1.807) is 0 Å². The van der Waals surface area contributed by atoms with Gasteiger partial charge in [0.15, 0.2) is 0 Å². The summed E-state index contributed by atoms with van der Waals surface area (Å²) in [6, 6.07) is 2.92. The normalized spacial score (nSPS) is 15.9. The van der Waals surface area contributed by atoms with Crippen molar-refractivity contribution in [1.82, 2.24) is 5.32 Å². The van der Waals surface area contributed by atoms with E-state index in [1.165, 1.54) is 18.2 Å². The second kappa shape index (κ2) is 5.85. The number of rotatable bonds is 5. The number of nitrogens with one attached hydrogen (secondary N) is 1. The van der Waals surface area contributed by atoms with Crippen LogP contribution < -0.4 is 5.32 Å². The van der Waals surface area contributed by atoms with Gasteiger partial charge < -0.3 is 10.4 Å². The van der Waals surface area contributed by atoms with Gasteiger partial charge in [0.05, 0.1) is 5.56 Å². The molecule has 0 aromatic heterocycles. The van der Waals surface area contributed by atoms with E-state index in [4.69, 9.17) is 5.11 Å². The summed E-state index contributed by atoms with van der Waals surface area (Å²) in [7, 11) is 0. The van der Waals surface area contributed by atoms with Crippen molar-refractivity contribution < 1.29 is 19.1 Å². The van der Waals surface area contributed by atoms with E-state index in [0.717, 1.165) is 12.8 Å². The van der Waals surface area contributed by atoms with Crippen LogP contribution in [0.25, 0.3) is 0 Å². The summed E-state index contributed by atoms with van der Waals surface area (Å²) in [6.45, 7) is 0. The molecule has 1 aliphatic carbocycles. The molecule has 0 aliphatic heterocycles. The number of carboxylic acid groups (broad SMARTS) is 1. The van der Waals surface area contributed by atoms with Crippen LogP contribution in [0.15, 0.2) is 18.2 Å². The number of aliphatic carboxylic acids is 1. The first kappa shape index (κ1) is 14.2. The Morgan fingerprint density at radius 2 is 2.16 bits per heavy atom. The van der Waals surface area contributed by atoms with Gasteiger partial charge in [-0.2, -0.15) is 0 Å². The van der Waals surface area contributed by atoms with Crippen molar-refractivity contribution >= 4 is 34.5 Å². The number of carboxylic acids is 1. The Morgan fingerprint density at radius 3 is 2.68 bits per heavy atom. The summed E-state index contributed by atoms with van der Waals surface area (Å²) in [5, 5.41) is 11.6. The minimum absolute atomic E-state index is 0.295. The van der Waals surface area contributed by atoms with E-state index in [2.05, 4.69) is 5.32 Å². The van der Waals surface area contributed by atoms with Gasteiger partial charge in [-0.3, -0.25) is 4.79 Å². The molecule has 1 aromatic rings. The highest BCUT2D eigenvalue weighted by Crippen LogP contribution is 2.33. The van der Waals surface area contributed by atoms with Crippen LogP contribution in [-0.2, 0) is 4.79 Å². The van der Waals surface area contributed by atoms with Crippen LogP contribution in [0.5, 0.6) is 0 Å². The van der Waals surface area contributed by atoms with Crippen LogP contribution in [0.3, 0.4) is 0 Å². The minimum atomic E-state index is -1.03. The molecule has 6 heteroatoms. The van der Waals surface area contributed by atoms with Gasteiger partial charge in [-0.1, -0.05) is 12.8 Å². The third-order valence-electron chi connectivity index (χ3n) is 3.05. The van der Waals surface area contributed by atoms with Crippen molar-refractivity contribution in [2.45, 2.75) is 25.3 Å². The average Bonchev–Trinajstić information content (AvgIpc) is 3.11. The third-order valence-corrected chi connectivity index (χ3v) is 3.94. The van der Waals surface area contributed by atoms with Crippen molar-refractivity contribution in [3.8, 4) is 0 Å². The molecule has 1 amide bonds. The highest BCUT2D eigenvalue weighted by molar-refractivity contribution is 14.1. The topological polar surface area (TPSA) is 66.4 Å². The molecule has 1 saturated carbocycles. The van der Waals surface area contributed by atoms with Gasteiger partial charge in [0.25, 0.3) is 5.91 Å². The quantitative estimate of drug-likeness (QED) is 0.775. The zero-order chi connectivity index (χ0) is 14.0. The fourth-order valence-corrected chi connectivity index (χ4v) is 2.54. The maximum absolute atomic E-state index is 13.0. The smallest absolute Gasteiger partial charge is 0.326 e. The number of benzene rings is 1. The Hall–Kier alpha value is -1.18. The summed E-state index contributed by atoms with van der Waals surface area (Å²) in [5.41, 5.74) is 0.295. The standard InChI is InChI=1S/C13H13FINO3/c14-8-3-4-9(10(15)6-8)12(17)16-11(13(18)19)5-7-1-2-7/h3-4,6-7,11H,1-2,5H2,(H,16,17)(H,18,19).